The van der Waals surface area contributed by atoms with Crippen molar-refractivity contribution in [3.05, 3.63) is 74.1 Å². The highest BCUT2D eigenvalue weighted by molar-refractivity contribution is 7.16. The number of aromatic nitrogens is 1. The molecule has 0 fully saturated rings. The largest absolute Gasteiger partial charge is 0.340 e. The third-order valence-electron chi connectivity index (χ3n) is 3.57. The summed E-state index contributed by atoms with van der Waals surface area (Å²) in [5.41, 5.74) is 4.51. The van der Waals surface area contributed by atoms with Crippen molar-refractivity contribution in [2.75, 3.05) is 0 Å². The van der Waals surface area contributed by atoms with Crippen LogP contribution in [0.5, 0.6) is 0 Å². The number of fused-ring (bicyclic) bond motifs is 1. The minimum Gasteiger partial charge on any atom is -0.340 e. The summed E-state index contributed by atoms with van der Waals surface area (Å²) in [7, 11) is 0. The number of hydrogen-bond acceptors (Lipinski definition) is 5. The average Bonchev–Trinajstić information content (AvgIpc) is 3.34. The van der Waals surface area contributed by atoms with E-state index in [0.717, 1.165) is 20.7 Å². The standard InChI is InChI=1S/C17H12N2OS3/c20-17(11-3-4-13-15(8-11)23-10-18-13)19-16(12-5-7-21-9-12)14-2-1-6-22-14/h1-10,16H,(H,19,20)/t16-/m0/s1. The zero-order valence-corrected chi connectivity index (χ0v) is 14.4. The lowest BCUT2D eigenvalue weighted by Gasteiger charge is -2.16. The van der Waals surface area contributed by atoms with Gasteiger partial charge in [-0.25, -0.2) is 4.98 Å². The van der Waals surface area contributed by atoms with Crippen LogP contribution in [-0.2, 0) is 0 Å². The Kier molecular flexibility index (Phi) is 3.95. The minimum absolute atomic E-state index is 0.0649. The lowest BCUT2D eigenvalue weighted by molar-refractivity contribution is 0.0943. The molecular formula is C17H12N2OS3. The van der Waals surface area contributed by atoms with Gasteiger partial charge in [0.1, 0.15) is 0 Å². The molecule has 3 aromatic heterocycles. The zero-order chi connectivity index (χ0) is 15.6. The maximum absolute atomic E-state index is 12.7. The molecule has 0 saturated carbocycles. The highest BCUT2D eigenvalue weighted by atomic mass is 32.1. The maximum Gasteiger partial charge on any atom is 0.252 e. The number of hydrogen-bond donors (Lipinski definition) is 1. The summed E-state index contributed by atoms with van der Waals surface area (Å²) in [6.45, 7) is 0. The Morgan fingerprint density at radius 2 is 2.09 bits per heavy atom. The van der Waals surface area contributed by atoms with Crippen LogP contribution in [0, 0.1) is 0 Å². The Bertz CT molecular complexity index is 892. The smallest absolute Gasteiger partial charge is 0.252 e. The molecule has 0 saturated heterocycles. The Hall–Kier alpha value is -2.02. The van der Waals surface area contributed by atoms with Gasteiger partial charge in [-0.2, -0.15) is 11.3 Å². The van der Waals surface area contributed by atoms with E-state index in [-0.39, 0.29) is 11.9 Å². The van der Waals surface area contributed by atoms with Crippen molar-refractivity contribution < 1.29 is 4.79 Å². The van der Waals surface area contributed by atoms with Crippen LogP contribution in [0.3, 0.4) is 0 Å². The molecule has 3 nitrogen and oxygen atoms in total. The van der Waals surface area contributed by atoms with Gasteiger partial charge in [-0.05, 0) is 52.0 Å². The number of thiazole rings is 1. The molecule has 3 heterocycles. The molecular weight excluding hydrogens is 344 g/mol. The Labute approximate surface area is 145 Å². The second-order valence-electron chi connectivity index (χ2n) is 5.01. The Balaban J connectivity index is 1.64. The fraction of sp³-hybridized carbons (Fsp3) is 0.0588. The van der Waals surface area contributed by atoms with Gasteiger partial charge in [-0.1, -0.05) is 6.07 Å². The molecule has 0 spiro atoms. The highest BCUT2D eigenvalue weighted by Crippen LogP contribution is 2.28. The van der Waals surface area contributed by atoms with Crippen molar-refractivity contribution in [2.45, 2.75) is 6.04 Å². The van der Waals surface area contributed by atoms with Crippen LogP contribution in [0.2, 0.25) is 0 Å². The van der Waals surface area contributed by atoms with Crippen LogP contribution in [0.1, 0.15) is 26.8 Å². The first kappa shape index (κ1) is 14.6. The van der Waals surface area contributed by atoms with E-state index in [4.69, 9.17) is 0 Å². The van der Waals surface area contributed by atoms with E-state index < -0.39 is 0 Å². The lowest BCUT2D eigenvalue weighted by Crippen LogP contribution is -2.28. The summed E-state index contributed by atoms with van der Waals surface area (Å²) < 4.78 is 1.03. The highest BCUT2D eigenvalue weighted by Gasteiger charge is 2.19. The van der Waals surface area contributed by atoms with Crippen LogP contribution >= 0.6 is 34.0 Å². The van der Waals surface area contributed by atoms with E-state index in [0.29, 0.717) is 5.56 Å². The van der Waals surface area contributed by atoms with E-state index in [1.54, 1.807) is 39.5 Å². The normalized spacial score (nSPS) is 12.3. The molecule has 23 heavy (non-hydrogen) atoms. The zero-order valence-electron chi connectivity index (χ0n) is 11.9. The molecule has 0 aliphatic carbocycles. The van der Waals surface area contributed by atoms with Crippen molar-refractivity contribution in [1.82, 2.24) is 10.3 Å². The van der Waals surface area contributed by atoms with Crippen molar-refractivity contribution in [3.8, 4) is 0 Å². The summed E-state index contributed by atoms with van der Waals surface area (Å²) in [6, 6.07) is 11.6. The number of carbonyl (C=O) groups is 1. The van der Waals surface area contributed by atoms with Gasteiger partial charge in [0.2, 0.25) is 0 Å². The van der Waals surface area contributed by atoms with Gasteiger partial charge in [0.15, 0.2) is 0 Å². The van der Waals surface area contributed by atoms with Gasteiger partial charge in [-0.15, -0.1) is 22.7 Å². The third kappa shape index (κ3) is 2.93. The second kappa shape index (κ2) is 6.23. The molecule has 1 N–H and O–H groups in total. The van der Waals surface area contributed by atoms with Gasteiger partial charge >= 0.3 is 0 Å². The number of nitrogens with one attached hydrogen (secondary N) is 1. The monoisotopic (exact) mass is 356 g/mol. The lowest BCUT2D eigenvalue weighted by atomic mass is 10.1. The molecule has 1 aromatic carbocycles. The van der Waals surface area contributed by atoms with E-state index in [9.17, 15) is 4.79 Å². The molecule has 4 rings (SSSR count). The number of nitrogens with zero attached hydrogens (tertiary/aromatic N) is 1. The van der Waals surface area contributed by atoms with E-state index in [1.165, 1.54) is 0 Å². The molecule has 0 bridgehead atoms. The minimum atomic E-state index is -0.106. The molecule has 0 aliphatic heterocycles. The first-order valence-corrected chi connectivity index (χ1v) is 9.71. The van der Waals surface area contributed by atoms with Crippen LogP contribution in [-0.4, -0.2) is 10.9 Å². The molecule has 0 unspecified atom stereocenters. The third-order valence-corrected chi connectivity index (χ3v) is 6.00. The fourth-order valence-corrected chi connectivity index (χ4v) is 4.63. The first-order valence-electron chi connectivity index (χ1n) is 7.01. The Morgan fingerprint density at radius 3 is 2.87 bits per heavy atom. The predicted octanol–water partition coefficient (Wildman–Crippen LogP) is 4.94. The molecule has 0 radical (unpaired) electrons. The number of amides is 1. The Morgan fingerprint density at radius 1 is 1.13 bits per heavy atom. The molecule has 6 heteroatoms. The SMILES string of the molecule is O=C(N[C@@H](c1ccsc1)c1cccs1)c1ccc2ncsc2c1. The topological polar surface area (TPSA) is 42.0 Å². The van der Waals surface area contributed by atoms with Crippen molar-refractivity contribution in [2.24, 2.45) is 0 Å². The van der Waals surface area contributed by atoms with Crippen molar-refractivity contribution in [3.63, 3.8) is 0 Å². The predicted molar refractivity (Wildman–Crippen MR) is 97.6 cm³/mol. The fourth-order valence-electron chi connectivity index (χ4n) is 2.42. The molecule has 0 aliphatic rings. The van der Waals surface area contributed by atoms with Crippen molar-refractivity contribution >= 4 is 50.1 Å². The van der Waals surface area contributed by atoms with E-state index in [2.05, 4.69) is 27.8 Å². The number of carbonyl (C=O) groups excluding carboxylic acids is 1. The summed E-state index contributed by atoms with van der Waals surface area (Å²) in [5, 5.41) is 9.30. The summed E-state index contributed by atoms with van der Waals surface area (Å²) in [5.74, 6) is -0.0649. The van der Waals surface area contributed by atoms with Crippen molar-refractivity contribution in [1.29, 1.82) is 0 Å². The van der Waals surface area contributed by atoms with Crippen LogP contribution in [0.15, 0.2) is 58.0 Å². The van der Waals surface area contributed by atoms with Gasteiger partial charge in [0.25, 0.3) is 5.91 Å². The first-order chi connectivity index (χ1) is 11.3. The summed E-state index contributed by atoms with van der Waals surface area (Å²) in [4.78, 5) is 18.1. The van der Waals surface area contributed by atoms with Crippen LogP contribution in [0.4, 0.5) is 0 Å². The molecule has 114 valence electrons. The van der Waals surface area contributed by atoms with Gasteiger partial charge in [0, 0.05) is 10.4 Å². The molecule has 4 aromatic rings. The number of thiophene rings is 2. The maximum atomic E-state index is 12.7. The van der Waals surface area contributed by atoms with Crippen LogP contribution < -0.4 is 5.32 Å². The van der Waals surface area contributed by atoms with Crippen LogP contribution in [0.25, 0.3) is 10.2 Å². The molecule has 1 amide bonds. The molecule has 1 atom stereocenters. The van der Waals surface area contributed by atoms with E-state index >= 15 is 0 Å². The number of benzene rings is 1. The van der Waals surface area contributed by atoms with Gasteiger partial charge in [0.05, 0.1) is 21.8 Å². The van der Waals surface area contributed by atoms with E-state index in [1.807, 2.05) is 35.0 Å². The number of rotatable bonds is 4. The van der Waals surface area contributed by atoms with Gasteiger partial charge < -0.3 is 5.32 Å². The summed E-state index contributed by atoms with van der Waals surface area (Å²) in [6.07, 6.45) is 0. The quantitative estimate of drug-likeness (QED) is 0.563. The average molecular weight is 356 g/mol. The second-order valence-corrected chi connectivity index (χ2v) is 7.66. The summed E-state index contributed by atoms with van der Waals surface area (Å²) >= 11 is 4.84. The van der Waals surface area contributed by atoms with Gasteiger partial charge in [-0.3, -0.25) is 4.79 Å².